The molecule has 5 heteroatoms. The van der Waals surface area contributed by atoms with E-state index in [2.05, 4.69) is 0 Å². The van der Waals surface area contributed by atoms with Gasteiger partial charge < -0.3 is 4.74 Å². The first-order valence-electron chi connectivity index (χ1n) is 5.26. The van der Waals surface area contributed by atoms with E-state index in [9.17, 15) is 8.42 Å². The van der Waals surface area contributed by atoms with E-state index in [1.54, 1.807) is 6.92 Å². The summed E-state index contributed by atoms with van der Waals surface area (Å²) in [5.74, 6) is 0.152. The first-order valence-corrected chi connectivity index (χ1v) is 6.87. The number of ether oxygens (including phenoxy) is 1. The first kappa shape index (κ1) is 12.9. The lowest BCUT2D eigenvalue weighted by Crippen LogP contribution is -2.58. The molecular weight excluding hydrogens is 214 g/mol. The molecular formula is C10H21NO3S. The Balaban J connectivity index is 2.95. The van der Waals surface area contributed by atoms with Gasteiger partial charge in [-0.05, 0) is 34.6 Å². The van der Waals surface area contributed by atoms with Crippen molar-refractivity contribution in [1.29, 1.82) is 0 Å². The van der Waals surface area contributed by atoms with E-state index in [4.69, 9.17) is 4.74 Å². The minimum absolute atomic E-state index is 0.152. The van der Waals surface area contributed by atoms with E-state index in [0.29, 0.717) is 13.1 Å². The van der Waals surface area contributed by atoms with Crippen molar-refractivity contribution < 1.29 is 13.2 Å². The summed E-state index contributed by atoms with van der Waals surface area (Å²) in [6.45, 7) is 10.2. The number of hydrogen-bond donors (Lipinski definition) is 0. The maximum absolute atomic E-state index is 11.8. The van der Waals surface area contributed by atoms with Crippen molar-refractivity contribution in [3.05, 3.63) is 0 Å². The van der Waals surface area contributed by atoms with E-state index in [0.717, 1.165) is 0 Å². The average molecular weight is 235 g/mol. The molecule has 0 saturated carbocycles. The molecule has 0 amide bonds. The molecule has 0 N–H and O–H groups in total. The second kappa shape index (κ2) is 3.71. The van der Waals surface area contributed by atoms with Crippen molar-refractivity contribution in [2.75, 3.05) is 18.8 Å². The fourth-order valence-corrected chi connectivity index (χ4v) is 3.48. The van der Waals surface area contributed by atoms with Gasteiger partial charge in [0, 0.05) is 13.1 Å². The number of rotatable bonds is 2. The van der Waals surface area contributed by atoms with Crippen LogP contribution in [0.25, 0.3) is 0 Å². The van der Waals surface area contributed by atoms with Crippen LogP contribution in [0.5, 0.6) is 0 Å². The van der Waals surface area contributed by atoms with Gasteiger partial charge in [0.2, 0.25) is 10.0 Å². The zero-order valence-corrected chi connectivity index (χ0v) is 11.0. The molecule has 1 aliphatic heterocycles. The molecule has 0 atom stereocenters. The van der Waals surface area contributed by atoms with Gasteiger partial charge in [-0.25, -0.2) is 8.42 Å². The highest BCUT2D eigenvalue weighted by molar-refractivity contribution is 7.89. The molecule has 0 aromatic carbocycles. The third-order valence-electron chi connectivity index (χ3n) is 2.43. The molecule has 1 aliphatic rings. The van der Waals surface area contributed by atoms with E-state index < -0.39 is 21.2 Å². The summed E-state index contributed by atoms with van der Waals surface area (Å²) in [6.07, 6.45) is 0. The van der Waals surface area contributed by atoms with Gasteiger partial charge in [-0.2, -0.15) is 4.31 Å². The summed E-state index contributed by atoms with van der Waals surface area (Å²) in [5, 5.41) is 0. The van der Waals surface area contributed by atoms with Crippen LogP contribution in [0.3, 0.4) is 0 Å². The van der Waals surface area contributed by atoms with Crippen LogP contribution in [0.1, 0.15) is 34.6 Å². The second-order valence-corrected chi connectivity index (χ2v) is 7.55. The van der Waals surface area contributed by atoms with Gasteiger partial charge in [-0.15, -0.1) is 0 Å². The topological polar surface area (TPSA) is 46.6 Å². The maximum Gasteiger partial charge on any atom is 0.214 e. The van der Waals surface area contributed by atoms with E-state index in [1.807, 2.05) is 27.7 Å². The van der Waals surface area contributed by atoms with Crippen LogP contribution in [0.2, 0.25) is 0 Å². The van der Waals surface area contributed by atoms with Gasteiger partial charge in [0.25, 0.3) is 0 Å². The highest BCUT2D eigenvalue weighted by Gasteiger charge is 2.41. The molecule has 4 nitrogen and oxygen atoms in total. The minimum Gasteiger partial charge on any atom is -0.367 e. The Kier molecular flexibility index (Phi) is 3.20. The van der Waals surface area contributed by atoms with Crippen LogP contribution in [0.4, 0.5) is 0 Å². The number of sulfonamides is 1. The van der Waals surface area contributed by atoms with Crippen molar-refractivity contribution in [3.63, 3.8) is 0 Å². The van der Waals surface area contributed by atoms with Crippen LogP contribution in [-0.2, 0) is 14.8 Å². The molecule has 1 heterocycles. The molecule has 1 saturated heterocycles. The second-order valence-electron chi connectivity index (χ2n) is 5.29. The third kappa shape index (κ3) is 3.16. The van der Waals surface area contributed by atoms with Gasteiger partial charge in [0.05, 0.1) is 17.0 Å². The third-order valence-corrected chi connectivity index (χ3v) is 4.20. The molecule has 15 heavy (non-hydrogen) atoms. The zero-order valence-electron chi connectivity index (χ0n) is 10.2. The molecule has 1 rings (SSSR count). The summed E-state index contributed by atoms with van der Waals surface area (Å²) >= 11 is 0. The Morgan fingerprint density at radius 3 is 1.87 bits per heavy atom. The monoisotopic (exact) mass is 235 g/mol. The molecule has 0 aromatic rings. The van der Waals surface area contributed by atoms with Gasteiger partial charge in [-0.3, -0.25) is 0 Å². The Hall–Kier alpha value is -0.130. The summed E-state index contributed by atoms with van der Waals surface area (Å²) in [5.41, 5.74) is -0.825. The Labute approximate surface area is 92.7 Å². The standard InChI is InChI=1S/C10H21NO3S/c1-6-15(12,13)11-7-9(2,3)14-10(4,5)8-11/h6-8H2,1-5H3. The highest BCUT2D eigenvalue weighted by atomic mass is 32.2. The van der Waals surface area contributed by atoms with E-state index in [1.165, 1.54) is 4.31 Å². The quantitative estimate of drug-likeness (QED) is 0.723. The van der Waals surface area contributed by atoms with Crippen LogP contribution < -0.4 is 0 Å². The molecule has 0 aliphatic carbocycles. The highest BCUT2D eigenvalue weighted by Crippen LogP contribution is 2.29. The number of morpholine rings is 1. The Morgan fingerprint density at radius 2 is 1.53 bits per heavy atom. The molecule has 0 aromatic heterocycles. The fourth-order valence-electron chi connectivity index (χ4n) is 2.10. The normalized spacial score (nSPS) is 26.5. The van der Waals surface area contributed by atoms with Crippen molar-refractivity contribution >= 4 is 10.0 Å². The molecule has 0 unspecified atom stereocenters. The van der Waals surface area contributed by atoms with Crippen molar-refractivity contribution in [1.82, 2.24) is 4.31 Å². The van der Waals surface area contributed by atoms with Crippen molar-refractivity contribution in [3.8, 4) is 0 Å². The van der Waals surface area contributed by atoms with Gasteiger partial charge in [0.15, 0.2) is 0 Å². The van der Waals surface area contributed by atoms with E-state index in [-0.39, 0.29) is 5.75 Å². The molecule has 0 bridgehead atoms. The largest absolute Gasteiger partial charge is 0.367 e. The van der Waals surface area contributed by atoms with Crippen molar-refractivity contribution in [2.24, 2.45) is 0 Å². The van der Waals surface area contributed by atoms with Crippen LogP contribution in [-0.4, -0.2) is 42.8 Å². The molecule has 90 valence electrons. The average Bonchev–Trinajstić information content (AvgIpc) is 1.98. The summed E-state index contributed by atoms with van der Waals surface area (Å²) in [7, 11) is -3.11. The smallest absolute Gasteiger partial charge is 0.214 e. The van der Waals surface area contributed by atoms with Gasteiger partial charge in [0.1, 0.15) is 0 Å². The lowest BCUT2D eigenvalue weighted by molar-refractivity contribution is -0.163. The lowest BCUT2D eigenvalue weighted by atomic mass is 10.0. The SMILES string of the molecule is CCS(=O)(=O)N1CC(C)(C)OC(C)(C)C1. The summed E-state index contributed by atoms with van der Waals surface area (Å²) in [4.78, 5) is 0. The van der Waals surface area contributed by atoms with Crippen LogP contribution >= 0.6 is 0 Å². The summed E-state index contributed by atoms with van der Waals surface area (Å²) < 4.78 is 31.0. The number of hydrogen-bond acceptors (Lipinski definition) is 3. The zero-order chi connectivity index (χ0) is 11.9. The lowest BCUT2D eigenvalue weighted by Gasteiger charge is -2.46. The van der Waals surface area contributed by atoms with Gasteiger partial charge in [-0.1, -0.05) is 0 Å². The first-order chi connectivity index (χ1) is 6.58. The predicted octanol–water partition coefficient (Wildman–Crippen LogP) is 1.23. The maximum atomic E-state index is 11.8. The molecule has 0 spiro atoms. The fraction of sp³-hybridized carbons (Fsp3) is 1.00. The summed E-state index contributed by atoms with van der Waals surface area (Å²) in [6, 6.07) is 0. The van der Waals surface area contributed by atoms with Crippen LogP contribution in [0.15, 0.2) is 0 Å². The molecule has 1 fully saturated rings. The van der Waals surface area contributed by atoms with Crippen LogP contribution in [0, 0.1) is 0 Å². The van der Waals surface area contributed by atoms with Gasteiger partial charge >= 0.3 is 0 Å². The Bertz CT molecular complexity index is 317. The minimum atomic E-state index is -3.11. The van der Waals surface area contributed by atoms with E-state index >= 15 is 0 Å². The Morgan fingerprint density at radius 1 is 1.13 bits per heavy atom. The van der Waals surface area contributed by atoms with Crippen molar-refractivity contribution in [2.45, 2.75) is 45.8 Å². The number of nitrogens with zero attached hydrogens (tertiary/aromatic N) is 1. The molecule has 0 radical (unpaired) electrons. The predicted molar refractivity (Wildman–Crippen MR) is 60.3 cm³/mol.